The minimum Gasteiger partial charge on any atom is -0.352 e. The highest BCUT2D eigenvalue weighted by molar-refractivity contribution is 7.98. The number of carbonyl (C=O) groups is 2. The molecule has 0 heterocycles. The van der Waals surface area contributed by atoms with E-state index in [0.29, 0.717) is 23.7 Å². The molecule has 0 saturated heterocycles. The molecule has 30 heavy (non-hydrogen) atoms. The van der Waals surface area contributed by atoms with Gasteiger partial charge in [-0.1, -0.05) is 67.1 Å². The van der Waals surface area contributed by atoms with Crippen LogP contribution in [0.2, 0.25) is 5.02 Å². The second-order valence-corrected chi connectivity index (χ2v) is 8.91. The van der Waals surface area contributed by atoms with Crippen LogP contribution >= 0.6 is 23.4 Å². The van der Waals surface area contributed by atoms with Gasteiger partial charge in [0.2, 0.25) is 11.8 Å². The van der Waals surface area contributed by atoms with Crippen molar-refractivity contribution in [1.29, 1.82) is 0 Å². The van der Waals surface area contributed by atoms with Gasteiger partial charge in [0.15, 0.2) is 0 Å². The van der Waals surface area contributed by atoms with Crippen LogP contribution in [0.3, 0.4) is 0 Å². The molecule has 2 aromatic rings. The summed E-state index contributed by atoms with van der Waals surface area (Å²) in [6, 6.07) is 17.1. The van der Waals surface area contributed by atoms with Gasteiger partial charge >= 0.3 is 0 Å². The molecule has 2 atom stereocenters. The van der Waals surface area contributed by atoms with Crippen molar-refractivity contribution < 1.29 is 9.59 Å². The summed E-state index contributed by atoms with van der Waals surface area (Å²) in [4.78, 5) is 27.4. The van der Waals surface area contributed by atoms with Crippen molar-refractivity contribution in [3.8, 4) is 0 Å². The van der Waals surface area contributed by atoms with Gasteiger partial charge in [-0.25, -0.2) is 0 Å². The molecule has 0 aliphatic carbocycles. The largest absolute Gasteiger partial charge is 0.352 e. The quantitative estimate of drug-likeness (QED) is 0.477. The van der Waals surface area contributed by atoms with Gasteiger partial charge < -0.3 is 10.2 Å². The summed E-state index contributed by atoms with van der Waals surface area (Å²) in [5, 5.41) is 3.58. The van der Waals surface area contributed by atoms with Crippen molar-refractivity contribution in [2.24, 2.45) is 0 Å². The van der Waals surface area contributed by atoms with E-state index in [0.717, 1.165) is 17.7 Å². The smallest absolute Gasteiger partial charge is 0.242 e. The highest BCUT2D eigenvalue weighted by Gasteiger charge is 2.27. The molecule has 0 fully saturated rings. The number of thioether (sulfide) groups is 1. The van der Waals surface area contributed by atoms with Gasteiger partial charge in [-0.15, -0.1) is 0 Å². The Morgan fingerprint density at radius 3 is 2.40 bits per heavy atom. The van der Waals surface area contributed by atoms with Gasteiger partial charge in [0.05, 0.1) is 0 Å². The zero-order valence-corrected chi connectivity index (χ0v) is 19.5. The first-order chi connectivity index (χ1) is 14.4. The number of benzene rings is 2. The Bertz CT molecular complexity index is 816. The van der Waals surface area contributed by atoms with Crippen LogP contribution in [0.15, 0.2) is 54.6 Å². The van der Waals surface area contributed by atoms with Crippen molar-refractivity contribution in [1.82, 2.24) is 10.2 Å². The fourth-order valence-electron chi connectivity index (χ4n) is 2.93. The van der Waals surface area contributed by atoms with E-state index in [4.69, 9.17) is 11.6 Å². The molecule has 2 aromatic carbocycles. The Morgan fingerprint density at radius 2 is 1.73 bits per heavy atom. The lowest BCUT2D eigenvalue weighted by molar-refractivity contribution is -0.140. The Morgan fingerprint density at radius 1 is 1.07 bits per heavy atom. The van der Waals surface area contributed by atoms with Crippen molar-refractivity contribution in [2.45, 2.75) is 58.0 Å². The summed E-state index contributed by atoms with van der Waals surface area (Å²) in [6.45, 7) is 6.08. The number of halogens is 1. The standard InChI is InChI=1S/C24H31ClN2O2S/c1-4-18(2)26-24(29)19(3)27(16-21-12-8-9-13-22(21)25)23(28)14-15-30-17-20-10-6-5-7-11-20/h5-13,18-19H,4,14-17H2,1-3H3,(H,26,29)/t18-,19+/m0/s1. The van der Waals surface area contributed by atoms with Crippen LogP contribution in [-0.4, -0.2) is 34.6 Å². The first-order valence-electron chi connectivity index (χ1n) is 10.4. The molecule has 0 aliphatic heterocycles. The third kappa shape index (κ3) is 7.69. The van der Waals surface area contributed by atoms with Crippen LogP contribution in [0.4, 0.5) is 0 Å². The SMILES string of the molecule is CC[C@H](C)NC(=O)[C@@H](C)N(Cc1ccccc1Cl)C(=O)CCSCc1ccccc1. The summed E-state index contributed by atoms with van der Waals surface area (Å²) in [5.41, 5.74) is 2.08. The zero-order chi connectivity index (χ0) is 21.9. The van der Waals surface area contributed by atoms with Crippen LogP contribution in [0.5, 0.6) is 0 Å². The van der Waals surface area contributed by atoms with Gasteiger partial charge in [-0.05, 0) is 37.5 Å². The number of amides is 2. The number of carbonyl (C=O) groups excluding carboxylic acids is 2. The first kappa shape index (κ1) is 24.3. The molecule has 0 unspecified atom stereocenters. The average molecular weight is 447 g/mol. The fraction of sp³-hybridized carbons (Fsp3) is 0.417. The summed E-state index contributed by atoms with van der Waals surface area (Å²) >= 11 is 8.04. The molecule has 0 saturated carbocycles. The van der Waals surface area contributed by atoms with E-state index < -0.39 is 6.04 Å². The summed E-state index contributed by atoms with van der Waals surface area (Å²) in [6.07, 6.45) is 1.22. The second kappa shape index (κ2) is 12.7. The third-order valence-corrected chi connectivity index (χ3v) is 6.44. The van der Waals surface area contributed by atoms with Crippen molar-refractivity contribution >= 4 is 35.2 Å². The lowest BCUT2D eigenvalue weighted by Crippen LogP contribution is -2.49. The Balaban J connectivity index is 2.02. The molecular formula is C24H31ClN2O2S. The van der Waals surface area contributed by atoms with Crippen molar-refractivity contribution in [3.63, 3.8) is 0 Å². The summed E-state index contributed by atoms with van der Waals surface area (Å²) in [7, 11) is 0. The number of nitrogens with zero attached hydrogens (tertiary/aromatic N) is 1. The van der Waals surface area contributed by atoms with Gasteiger partial charge in [-0.3, -0.25) is 9.59 Å². The van der Waals surface area contributed by atoms with E-state index in [-0.39, 0.29) is 17.9 Å². The van der Waals surface area contributed by atoms with Crippen molar-refractivity contribution in [3.05, 3.63) is 70.7 Å². The maximum absolute atomic E-state index is 13.1. The molecule has 0 radical (unpaired) electrons. The Kier molecular flexibility index (Phi) is 10.2. The van der Waals surface area contributed by atoms with E-state index in [1.165, 1.54) is 5.56 Å². The lowest BCUT2D eigenvalue weighted by Gasteiger charge is -2.30. The highest BCUT2D eigenvalue weighted by atomic mass is 35.5. The van der Waals surface area contributed by atoms with Gasteiger partial charge in [0.25, 0.3) is 0 Å². The van der Waals surface area contributed by atoms with E-state index in [9.17, 15) is 9.59 Å². The third-order valence-electron chi connectivity index (χ3n) is 5.04. The highest BCUT2D eigenvalue weighted by Crippen LogP contribution is 2.20. The first-order valence-corrected chi connectivity index (χ1v) is 11.9. The molecule has 2 amide bonds. The van der Waals surface area contributed by atoms with E-state index in [1.54, 1.807) is 29.7 Å². The molecular weight excluding hydrogens is 416 g/mol. The molecule has 6 heteroatoms. The Labute approximate surface area is 189 Å². The van der Waals surface area contributed by atoms with Crippen LogP contribution in [0, 0.1) is 0 Å². The molecule has 0 aliphatic rings. The maximum Gasteiger partial charge on any atom is 0.242 e. The second-order valence-electron chi connectivity index (χ2n) is 7.40. The molecule has 162 valence electrons. The number of rotatable bonds is 11. The maximum atomic E-state index is 13.1. The average Bonchev–Trinajstić information content (AvgIpc) is 2.76. The number of nitrogens with one attached hydrogen (secondary N) is 1. The zero-order valence-electron chi connectivity index (χ0n) is 17.9. The predicted octanol–water partition coefficient (Wildman–Crippen LogP) is 5.30. The van der Waals surface area contributed by atoms with E-state index in [2.05, 4.69) is 17.4 Å². The summed E-state index contributed by atoms with van der Waals surface area (Å²) < 4.78 is 0. The minimum absolute atomic E-state index is 0.0396. The Hall–Kier alpha value is -1.98. The van der Waals surface area contributed by atoms with Gasteiger partial charge in [-0.2, -0.15) is 11.8 Å². The van der Waals surface area contributed by atoms with Crippen LogP contribution < -0.4 is 5.32 Å². The molecule has 2 rings (SSSR count). The van der Waals surface area contributed by atoms with E-state index >= 15 is 0 Å². The number of hydrogen-bond acceptors (Lipinski definition) is 3. The van der Waals surface area contributed by atoms with Gasteiger partial charge in [0.1, 0.15) is 6.04 Å². The molecule has 0 bridgehead atoms. The van der Waals surface area contributed by atoms with Crippen LogP contribution in [0.1, 0.15) is 44.7 Å². The monoisotopic (exact) mass is 446 g/mol. The topological polar surface area (TPSA) is 49.4 Å². The molecule has 0 spiro atoms. The predicted molar refractivity (Wildman–Crippen MR) is 127 cm³/mol. The summed E-state index contributed by atoms with van der Waals surface area (Å²) in [5.74, 6) is 1.39. The van der Waals surface area contributed by atoms with Crippen LogP contribution in [0.25, 0.3) is 0 Å². The fourth-order valence-corrected chi connectivity index (χ4v) is 4.01. The van der Waals surface area contributed by atoms with Gasteiger partial charge in [0, 0.05) is 35.5 Å². The normalized spacial score (nSPS) is 12.8. The molecule has 0 aromatic heterocycles. The van der Waals surface area contributed by atoms with Crippen molar-refractivity contribution in [2.75, 3.05) is 5.75 Å². The van der Waals surface area contributed by atoms with E-state index in [1.807, 2.05) is 50.2 Å². The number of hydrogen-bond donors (Lipinski definition) is 1. The minimum atomic E-state index is -0.568. The molecule has 1 N–H and O–H groups in total. The molecule has 4 nitrogen and oxygen atoms in total. The lowest BCUT2D eigenvalue weighted by atomic mass is 10.1. The van der Waals surface area contributed by atoms with Crippen LogP contribution in [-0.2, 0) is 21.9 Å².